The molecule has 1 aromatic rings. The van der Waals surface area contributed by atoms with E-state index in [-0.39, 0.29) is 11.5 Å². The van der Waals surface area contributed by atoms with Crippen molar-refractivity contribution in [2.45, 2.75) is 44.0 Å². The average Bonchev–Trinajstić information content (AvgIpc) is 2.89. The lowest BCUT2D eigenvalue weighted by Crippen LogP contribution is -2.32. The number of halogens is 4. The zero-order chi connectivity index (χ0) is 14.9. The smallest absolute Gasteiger partial charge is 0.391 e. The summed E-state index contributed by atoms with van der Waals surface area (Å²) < 4.78 is 51.3. The predicted octanol–water partition coefficient (Wildman–Crippen LogP) is 3.40. The minimum absolute atomic E-state index is 0.0169. The standard InChI is InChI=1S/C14H17F4NO/c15-11-6-9(5-10(7-11)14(16,17)18)12(19)13(20)8-3-1-2-4-8/h5-8,12-13,20H,1-4,19H2/t12-,13+/m0/s1. The fourth-order valence-corrected chi connectivity index (χ4v) is 2.76. The van der Waals surface area contributed by atoms with E-state index < -0.39 is 29.7 Å². The van der Waals surface area contributed by atoms with E-state index in [9.17, 15) is 22.7 Å². The highest BCUT2D eigenvalue weighted by molar-refractivity contribution is 5.29. The monoisotopic (exact) mass is 291 g/mol. The molecule has 1 aliphatic rings. The molecule has 6 heteroatoms. The Labute approximate surface area is 114 Å². The van der Waals surface area contributed by atoms with E-state index in [1.165, 1.54) is 0 Å². The van der Waals surface area contributed by atoms with Crippen LogP contribution in [0.3, 0.4) is 0 Å². The Morgan fingerprint density at radius 2 is 1.75 bits per heavy atom. The number of nitrogens with two attached hydrogens (primary N) is 1. The number of benzene rings is 1. The number of hydrogen-bond donors (Lipinski definition) is 2. The van der Waals surface area contributed by atoms with E-state index in [4.69, 9.17) is 5.73 Å². The van der Waals surface area contributed by atoms with Gasteiger partial charge in [0.2, 0.25) is 0 Å². The molecule has 0 aliphatic heterocycles. The summed E-state index contributed by atoms with van der Waals surface area (Å²) in [5.74, 6) is -1.02. The van der Waals surface area contributed by atoms with E-state index >= 15 is 0 Å². The topological polar surface area (TPSA) is 46.2 Å². The maximum atomic E-state index is 13.3. The number of aliphatic hydroxyl groups is 1. The molecular formula is C14H17F4NO. The fourth-order valence-electron chi connectivity index (χ4n) is 2.76. The second-order valence-corrected chi connectivity index (χ2v) is 5.33. The van der Waals surface area contributed by atoms with Crippen molar-refractivity contribution in [1.29, 1.82) is 0 Å². The van der Waals surface area contributed by atoms with Gasteiger partial charge in [-0.25, -0.2) is 4.39 Å². The minimum atomic E-state index is -4.63. The summed E-state index contributed by atoms with van der Waals surface area (Å²) in [7, 11) is 0. The lowest BCUT2D eigenvalue weighted by molar-refractivity contribution is -0.137. The quantitative estimate of drug-likeness (QED) is 0.838. The Bertz CT molecular complexity index is 469. The molecule has 0 spiro atoms. The SMILES string of the molecule is N[C@@H](c1cc(F)cc(C(F)(F)F)c1)[C@H](O)C1CCCC1. The van der Waals surface area contributed by atoms with Crippen LogP contribution >= 0.6 is 0 Å². The summed E-state index contributed by atoms with van der Waals surface area (Å²) in [4.78, 5) is 0. The van der Waals surface area contributed by atoms with Crippen LogP contribution in [0.2, 0.25) is 0 Å². The maximum Gasteiger partial charge on any atom is 0.416 e. The lowest BCUT2D eigenvalue weighted by atomic mass is 9.90. The van der Waals surface area contributed by atoms with Gasteiger partial charge in [0, 0.05) is 0 Å². The highest BCUT2D eigenvalue weighted by Crippen LogP contribution is 2.35. The predicted molar refractivity (Wildman–Crippen MR) is 66.3 cm³/mol. The molecular weight excluding hydrogens is 274 g/mol. The minimum Gasteiger partial charge on any atom is -0.391 e. The average molecular weight is 291 g/mol. The third-order valence-electron chi connectivity index (χ3n) is 3.88. The molecule has 0 amide bonds. The van der Waals surface area contributed by atoms with Crippen LogP contribution in [0.5, 0.6) is 0 Å². The van der Waals surface area contributed by atoms with Gasteiger partial charge in [0.05, 0.1) is 17.7 Å². The van der Waals surface area contributed by atoms with Crippen LogP contribution in [-0.4, -0.2) is 11.2 Å². The second-order valence-electron chi connectivity index (χ2n) is 5.33. The van der Waals surface area contributed by atoms with Gasteiger partial charge in [-0.2, -0.15) is 13.2 Å². The molecule has 1 aliphatic carbocycles. The van der Waals surface area contributed by atoms with Crippen molar-refractivity contribution in [3.8, 4) is 0 Å². The molecule has 112 valence electrons. The van der Waals surface area contributed by atoms with Gasteiger partial charge in [-0.05, 0) is 42.5 Å². The van der Waals surface area contributed by atoms with E-state index in [0.717, 1.165) is 37.8 Å². The number of alkyl halides is 3. The Hall–Kier alpha value is -1.14. The van der Waals surface area contributed by atoms with Crippen molar-refractivity contribution >= 4 is 0 Å². The number of hydrogen-bond acceptors (Lipinski definition) is 2. The van der Waals surface area contributed by atoms with Crippen LogP contribution in [0.15, 0.2) is 18.2 Å². The van der Waals surface area contributed by atoms with Gasteiger partial charge in [0.25, 0.3) is 0 Å². The Balaban J connectivity index is 2.24. The number of aliphatic hydroxyl groups excluding tert-OH is 1. The first-order valence-electron chi connectivity index (χ1n) is 6.60. The summed E-state index contributed by atoms with van der Waals surface area (Å²) in [5.41, 5.74) is 4.72. The molecule has 1 saturated carbocycles. The Morgan fingerprint density at radius 3 is 2.30 bits per heavy atom. The molecule has 0 radical (unpaired) electrons. The first kappa shape index (κ1) is 15.3. The van der Waals surface area contributed by atoms with Crippen LogP contribution in [-0.2, 0) is 6.18 Å². The molecule has 1 aromatic carbocycles. The van der Waals surface area contributed by atoms with Gasteiger partial charge < -0.3 is 10.8 Å². The van der Waals surface area contributed by atoms with Crippen LogP contribution in [0.1, 0.15) is 42.9 Å². The fraction of sp³-hybridized carbons (Fsp3) is 0.571. The van der Waals surface area contributed by atoms with E-state index in [0.29, 0.717) is 6.07 Å². The molecule has 20 heavy (non-hydrogen) atoms. The summed E-state index contributed by atoms with van der Waals surface area (Å²) in [6.07, 6.45) is -2.02. The van der Waals surface area contributed by atoms with E-state index in [2.05, 4.69) is 0 Å². The normalized spacial score (nSPS) is 20.1. The van der Waals surface area contributed by atoms with Gasteiger partial charge in [-0.15, -0.1) is 0 Å². The zero-order valence-corrected chi connectivity index (χ0v) is 10.8. The van der Waals surface area contributed by atoms with Crippen LogP contribution in [0.4, 0.5) is 17.6 Å². The summed E-state index contributed by atoms with van der Waals surface area (Å²) >= 11 is 0. The molecule has 0 bridgehead atoms. The molecule has 1 fully saturated rings. The zero-order valence-electron chi connectivity index (χ0n) is 10.8. The Kier molecular flexibility index (Phi) is 4.34. The van der Waals surface area contributed by atoms with Gasteiger partial charge in [-0.3, -0.25) is 0 Å². The second kappa shape index (κ2) is 5.69. The molecule has 2 atom stereocenters. The summed E-state index contributed by atoms with van der Waals surface area (Å²) in [6.45, 7) is 0. The molecule has 0 saturated heterocycles. The molecule has 2 nitrogen and oxygen atoms in total. The van der Waals surface area contributed by atoms with Crippen molar-refractivity contribution in [3.63, 3.8) is 0 Å². The maximum absolute atomic E-state index is 13.3. The van der Waals surface area contributed by atoms with Gasteiger partial charge in [-0.1, -0.05) is 12.8 Å². The molecule has 3 N–H and O–H groups in total. The van der Waals surface area contributed by atoms with Crippen molar-refractivity contribution in [3.05, 3.63) is 35.1 Å². The van der Waals surface area contributed by atoms with Crippen molar-refractivity contribution in [2.24, 2.45) is 11.7 Å². The van der Waals surface area contributed by atoms with Crippen molar-refractivity contribution in [1.82, 2.24) is 0 Å². The van der Waals surface area contributed by atoms with Crippen LogP contribution in [0, 0.1) is 11.7 Å². The van der Waals surface area contributed by atoms with Crippen molar-refractivity contribution < 1.29 is 22.7 Å². The highest BCUT2D eigenvalue weighted by atomic mass is 19.4. The molecule has 2 rings (SSSR count). The molecule has 0 unspecified atom stereocenters. The largest absolute Gasteiger partial charge is 0.416 e. The Morgan fingerprint density at radius 1 is 1.15 bits per heavy atom. The highest BCUT2D eigenvalue weighted by Gasteiger charge is 2.34. The number of rotatable bonds is 3. The third kappa shape index (κ3) is 3.30. The summed E-state index contributed by atoms with van der Waals surface area (Å²) in [5, 5.41) is 10.1. The summed E-state index contributed by atoms with van der Waals surface area (Å²) in [6, 6.07) is 1.19. The lowest BCUT2D eigenvalue weighted by Gasteiger charge is -2.25. The van der Waals surface area contributed by atoms with Crippen LogP contribution < -0.4 is 5.73 Å². The van der Waals surface area contributed by atoms with E-state index in [1.807, 2.05) is 0 Å². The van der Waals surface area contributed by atoms with Crippen LogP contribution in [0.25, 0.3) is 0 Å². The van der Waals surface area contributed by atoms with Crippen molar-refractivity contribution in [2.75, 3.05) is 0 Å². The van der Waals surface area contributed by atoms with Gasteiger partial charge in [0.1, 0.15) is 5.82 Å². The van der Waals surface area contributed by atoms with E-state index in [1.54, 1.807) is 0 Å². The molecule has 0 heterocycles. The first-order valence-corrected chi connectivity index (χ1v) is 6.60. The van der Waals surface area contributed by atoms with Gasteiger partial charge in [0.15, 0.2) is 0 Å². The first-order chi connectivity index (χ1) is 9.29. The van der Waals surface area contributed by atoms with Gasteiger partial charge >= 0.3 is 6.18 Å². The third-order valence-corrected chi connectivity index (χ3v) is 3.88. The molecule has 0 aromatic heterocycles.